The summed E-state index contributed by atoms with van der Waals surface area (Å²) in [6.07, 6.45) is 4.09. The number of likely N-dealkylation sites (tertiary alicyclic amines) is 1. The van der Waals surface area contributed by atoms with Crippen LogP contribution in [0, 0.1) is 34.7 Å². The lowest BCUT2D eigenvalue weighted by Crippen LogP contribution is -2.50. The van der Waals surface area contributed by atoms with Crippen molar-refractivity contribution in [3.8, 4) is 6.07 Å². The SMILES string of the molecule is CCN1CCC(NC(=O)NC2CCCCC2C#N)C1c1cc(F)c(F)c(F)c1. The summed E-state index contributed by atoms with van der Waals surface area (Å²) in [6, 6.07) is 2.85. The van der Waals surface area contributed by atoms with Crippen LogP contribution in [-0.2, 0) is 0 Å². The quantitative estimate of drug-likeness (QED) is 0.767. The van der Waals surface area contributed by atoms with Gasteiger partial charge in [0.05, 0.1) is 24.1 Å². The smallest absolute Gasteiger partial charge is 0.315 e. The Labute approximate surface area is 162 Å². The molecular formula is C20H25F3N4O. The standard InChI is InChI=1S/C20H25F3N4O/c1-2-27-8-7-17(19(27)13-9-14(21)18(23)15(22)10-13)26-20(28)25-16-6-4-3-5-12(16)11-24/h9-10,12,16-17,19H,2-8H2,1H3,(H2,25,26,28). The summed E-state index contributed by atoms with van der Waals surface area (Å²) in [4.78, 5) is 14.5. The van der Waals surface area contributed by atoms with E-state index in [0.29, 0.717) is 25.1 Å². The highest BCUT2D eigenvalue weighted by molar-refractivity contribution is 5.75. The van der Waals surface area contributed by atoms with Crippen molar-refractivity contribution in [2.75, 3.05) is 13.1 Å². The van der Waals surface area contributed by atoms with E-state index in [1.54, 1.807) is 0 Å². The van der Waals surface area contributed by atoms with Gasteiger partial charge < -0.3 is 10.6 Å². The normalized spacial score (nSPS) is 28.0. The first kappa shape index (κ1) is 20.5. The number of benzene rings is 1. The van der Waals surface area contributed by atoms with Gasteiger partial charge in [-0.25, -0.2) is 18.0 Å². The summed E-state index contributed by atoms with van der Waals surface area (Å²) in [5, 5.41) is 15.0. The van der Waals surface area contributed by atoms with E-state index in [2.05, 4.69) is 16.7 Å². The largest absolute Gasteiger partial charge is 0.334 e. The predicted octanol–water partition coefficient (Wildman–Crippen LogP) is 3.62. The molecule has 1 aromatic rings. The number of amides is 2. The molecule has 152 valence electrons. The molecule has 0 spiro atoms. The molecule has 2 aliphatic rings. The molecule has 3 rings (SSSR count). The van der Waals surface area contributed by atoms with Gasteiger partial charge in [-0.1, -0.05) is 19.8 Å². The fraction of sp³-hybridized carbons (Fsp3) is 0.600. The monoisotopic (exact) mass is 394 g/mol. The number of halogens is 3. The molecular weight excluding hydrogens is 369 g/mol. The van der Waals surface area contributed by atoms with Crippen LogP contribution in [0.2, 0.25) is 0 Å². The fourth-order valence-corrected chi connectivity index (χ4v) is 4.39. The molecule has 1 aliphatic heterocycles. The molecule has 0 radical (unpaired) electrons. The van der Waals surface area contributed by atoms with Gasteiger partial charge in [-0.15, -0.1) is 0 Å². The molecule has 5 nitrogen and oxygen atoms in total. The number of hydrogen-bond acceptors (Lipinski definition) is 3. The zero-order valence-electron chi connectivity index (χ0n) is 15.9. The maximum atomic E-state index is 13.7. The van der Waals surface area contributed by atoms with Crippen molar-refractivity contribution in [2.24, 2.45) is 5.92 Å². The molecule has 4 unspecified atom stereocenters. The molecule has 2 fully saturated rings. The Bertz CT molecular complexity index is 743. The number of likely N-dealkylation sites (N-methyl/N-ethyl adjacent to an activating group) is 1. The summed E-state index contributed by atoms with van der Waals surface area (Å²) in [5.74, 6) is -4.17. The van der Waals surface area contributed by atoms with E-state index < -0.39 is 23.5 Å². The van der Waals surface area contributed by atoms with Gasteiger partial charge in [-0.3, -0.25) is 4.90 Å². The second kappa shape index (κ2) is 8.82. The van der Waals surface area contributed by atoms with Crippen molar-refractivity contribution >= 4 is 6.03 Å². The van der Waals surface area contributed by atoms with Crippen LogP contribution in [0.1, 0.15) is 50.6 Å². The fourth-order valence-electron chi connectivity index (χ4n) is 4.39. The van der Waals surface area contributed by atoms with Gasteiger partial charge in [-0.2, -0.15) is 5.26 Å². The molecule has 4 atom stereocenters. The van der Waals surface area contributed by atoms with Crippen LogP contribution < -0.4 is 10.6 Å². The Morgan fingerprint density at radius 1 is 1.14 bits per heavy atom. The summed E-state index contributed by atoms with van der Waals surface area (Å²) in [5.41, 5.74) is 0.300. The molecule has 2 amide bonds. The molecule has 1 aromatic carbocycles. The molecule has 1 saturated carbocycles. The Balaban J connectivity index is 1.73. The minimum Gasteiger partial charge on any atom is -0.334 e. The summed E-state index contributed by atoms with van der Waals surface area (Å²) < 4.78 is 40.8. The van der Waals surface area contributed by atoms with E-state index in [4.69, 9.17) is 0 Å². The first-order chi connectivity index (χ1) is 13.4. The zero-order chi connectivity index (χ0) is 20.3. The van der Waals surface area contributed by atoms with Crippen LogP contribution in [0.15, 0.2) is 12.1 Å². The third-order valence-electron chi connectivity index (χ3n) is 5.82. The number of hydrogen-bond donors (Lipinski definition) is 2. The molecule has 28 heavy (non-hydrogen) atoms. The highest BCUT2D eigenvalue weighted by Crippen LogP contribution is 2.33. The van der Waals surface area contributed by atoms with Gasteiger partial charge >= 0.3 is 6.03 Å². The number of carbonyl (C=O) groups is 1. The summed E-state index contributed by atoms with van der Waals surface area (Å²) in [7, 11) is 0. The third-order valence-corrected chi connectivity index (χ3v) is 5.82. The number of nitrogens with one attached hydrogen (secondary N) is 2. The second-order valence-electron chi connectivity index (χ2n) is 7.51. The van der Waals surface area contributed by atoms with Crippen molar-refractivity contribution < 1.29 is 18.0 Å². The van der Waals surface area contributed by atoms with Crippen LogP contribution in [0.5, 0.6) is 0 Å². The first-order valence-electron chi connectivity index (χ1n) is 9.79. The average Bonchev–Trinajstić information content (AvgIpc) is 3.08. The number of carbonyl (C=O) groups excluding carboxylic acids is 1. The van der Waals surface area contributed by atoms with Crippen LogP contribution in [0.4, 0.5) is 18.0 Å². The zero-order valence-corrected chi connectivity index (χ0v) is 15.9. The average molecular weight is 394 g/mol. The van der Waals surface area contributed by atoms with Crippen LogP contribution >= 0.6 is 0 Å². The van der Waals surface area contributed by atoms with Crippen molar-refractivity contribution in [3.05, 3.63) is 35.1 Å². The predicted molar refractivity (Wildman–Crippen MR) is 97.7 cm³/mol. The van der Waals surface area contributed by atoms with Crippen LogP contribution in [0.25, 0.3) is 0 Å². The molecule has 1 aliphatic carbocycles. The lowest BCUT2D eigenvalue weighted by molar-refractivity contribution is 0.212. The minimum absolute atomic E-state index is 0.193. The number of nitrogens with zero attached hydrogens (tertiary/aromatic N) is 2. The minimum atomic E-state index is -1.49. The number of urea groups is 1. The molecule has 0 bridgehead atoms. The van der Waals surface area contributed by atoms with Crippen molar-refractivity contribution in [3.63, 3.8) is 0 Å². The molecule has 1 heterocycles. The Morgan fingerprint density at radius 3 is 2.43 bits per heavy atom. The third kappa shape index (κ3) is 4.25. The first-order valence-corrected chi connectivity index (χ1v) is 9.79. The van der Waals surface area contributed by atoms with Gasteiger partial charge in [0.15, 0.2) is 17.5 Å². The van der Waals surface area contributed by atoms with E-state index >= 15 is 0 Å². The van der Waals surface area contributed by atoms with Crippen LogP contribution in [-0.4, -0.2) is 36.1 Å². The van der Waals surface area contributed by atoms with Gasteiger partial charge in [0.1, 0.15) is 0 Å². The Kier molecular flexibility index (Phi) is 6.45. The van der Waals surface area contributed by atoms with E-state index in [9.17, 15) is 23.2 Å². The number of rotatable bonds is 4. The van der Waals surface area contributed by atoms with Gasteiger partial charge in [0.25, 0.3) is 0 Å². The van der Waals surface area contributed by atoms with Gasteiger partial charge in [0.2, 0.25) is 0 Å². The molecule has 2 N–H and O–H groups in total. The lowest BCUT2D eigenvalue weighted by Gasteiger charge is -2.31. The van der Waals surface area contributed by atoms with E-state index in [-0.39, 0.29) is 24.0 Å². The Morgan fingerprint density at radius 2 is 1.79 bits per heavy atom. The van der Waals surface area contributed by atoms with E-state index in [0.717, 1.165) is 37.8 Å². The highest BCUT2D eigenvalue weighted by atomic mass is 19.2. The second-order valence-corrected chi connectivity index (χ2v) is 7.51. The molecule has 8 heteroatoms. The number of nitriles is 1. The van der Waals surface area contributed by atoms with E-state index in [1.165, 1.54) is 0 Å². The van der Waals surface area contributed by atoms with Crippen molar-refractivity contribution in [2.45, 2.75) is 57.2 Å². The summed E-state index contributed by atoms with van der Waals surface area (Å²) in [6.45, 7) is 3.20. The maximum absolute atomic E-state index is 13.7. The maximum Gasteiger partial charge on any atom is 0.315 e. The molecule has 1 saturated heterocycles. The van der Waals surface area contributed by atoms with Crippen molar-refractivity contribution in [1.82, 2.24) is 15.5 Å². The molecule has 0 aromatic heterocycles. The van der Waals surface area contributed by atoms with Gasteiger partial charge in [0, 0.05) is 12.6 Å². The topological polar surface area (TPSA) is 68.2 Å². The van der Waals surface area contributed by atoms with Crippen molar-refractivity contribution in [1.29, 1.82) is 5.26 Å². The van der Waals surface area contributed by atoms with Gasteiger partial charge in [-0.05, 0) is 43.5 Å². The Hall–Kier alpha value is -2.27. The summed E-state index contributed by atoms with van der Waals surface area (Å²) >= 11 is 0. The highest BCUT2D eigenvalue weighted by Gasteiger charge is 2.37. The lowest BCUT2D eigenvalue weighted by atomic mass is 9.85. The van der Waals surface area contributed by atoms with Crippen LogP contribution in [0.3, 0.4) is 0 Å². The van der Waals surface area contributed by atoms with E-state index in [1.807, 2.05) is 11.8 Å².